The summed E-state index contributed by atoms with van der Waals surface area (Å²) in [6.45, 7) is 5.65. The molecule has 2 N–H and O–H groups in total. The lowest BCUT2D eigenvalue weighted by atomic mass is 9.95. The van der Waals surface area contributed by atoms with Gasteiger partial charge in [-0.1, -0.05) is 29.5 Å². The van der Waals surface area contributed by atoms with E-state index in [0.29, 0.717) is 16.5 Å². The molecule has 0 radical (unpaired) electrons. The summed E-state index contributed by atoms with van der Waals surface area (Å²) in [6.07, 6.45) is 0. The van der Waals surface area contributed by atoms with Gasteiger partial charge in [0.25, 0.3) is 5.91 Å². The third-order valence-electron chi connectivity index (χ3n) is 5.65. The molecule has 1 unspecified atom stereocenters. The van der Waals surface area contributed by atoms with Gasteiger partial charge in [-0.3, -0.25) is 14.5 Å². The van der Waals surface area contributed by atoms with Gasteiger partial charge in [0.2, 0.25) is 5.78 Å². The number of ketones is 1. The van der Waals surface area contributed by atoms with Crippen molar-refractivity contribution < 1.29 is 24.2 Å². The zero-order valence-electron chi connectivity index (χ0n) is 18.1. The van der Waals surface area contributed by atoms with Gasteiger partial charge in [-0.25, -0.2) is 4.98 Å². The smallest absolute Gasteiger partial charge is 0.296 e. The van der Waals surface area contributed by atoms with Crippen molar-refractivity contribution >= 4 is 38.4 Å². The Kier molecular flexibility index (Phi) is 4.83. The zero-order chi connectivity index (χ0) is 23.4. The average Bonchev–Trinajstić information content (AvgIpc) is 3.45. The molecule has 0 bridgehead atoms. The number of rotatable bonds is 4. The van der Waals surface area contributed by atoms with Crippen LogP contribution in [0.2, 0.25) is 0 Å². The van der Waals surface area contributed by atoms with E-state index in [0.717, 1.165) is 21.3 Å². The fourth-order valence-electron chi connectivity index (χ4n) is 4.16. The van der Waals surface area contributed by atoms with E-state index < -0.39 is 23.5 Å². The van der Waals surface area contributed by atoms with E-state index in [1.54, 1.807) is 25.1 Å². The molecule has 1 atom stereocenters. The Labute approximate surface area is 193 Å². The molecule has 166 valence electrons. The molecule has 2 aromatic heterocycles. The van der Waals surface area contributed by atoms with Crippen molar-refractivity contribution in [2.24, 2.45) is 0 Å². The first kappa shape index (κ1) is 21.0. The number of anilines is 1. The van der Waals surface area contributed by atoms with Crippen LogP contribution in [0.1, 0.15) is 39.0 Å². The highest BCUT2D eigenvalue weighted by Crippen LogP contribution is 2.44. The number of amides is 1. The Morgan fingerprint density at radius 1 is 1.06 bits per heavy atom. The second-order valence-electron chi connectivity index (χ2n) is 8.10. The van der Waals surface area contributed by atoms with E-state index in [1.165, 1.54) is 34.4 Å². The van der Waals surface area contributed by atoms with Crippen LogP contribution in [0.15, 0.2) is 64.3 Å². The first-order valence-corrected chi connectivity index (χ1v) is 11.1. The second-order valence-corrected chi connectivity index (χ2v) is 9.11. The van der Waals surface area contributed by atoms with Crippen molar-refractivity contribution in [3.63, 3.8) is 0 Å². The van der Waals surface area contributed by atoms with Crippen LogP contribution < -0.4 is 4.90 Å². The number of Topliss-reactive ketones (excluding diaryl/α,β-unsaturated/α-hetero) is 1. The molecule has 0 spiro atoms. The van der Waals surface area contributed by atoms with Crippen molar-refractivity contribution in [1.29, 1.82) is 0 Å². The molecular weight excluding hydrogens is 440 g/mol. The summed E-state index contributed by atoms with van der Waals surface area (Å²) in [5.41, 5.74) is 3.26. The molecule has 8 heteroatoms. The average molecular weight is 461 g/mol. The Morgan fingerprint density at radius 3 is 2.45 bits per heavy atom. The fraction of sp³-hybridized carbons (Fsp3) is 0.160. The highest BCUT2D eigenvalue weighted by atomic mass is 32.1. The Balaban J connectivity index is 1.69. The summed E-state index contributed by atoms with van der Waals surface area (Å²) in [5.74, 6) is -1.32. The monoisotopic (exact) mass is 460 g/mol. The number of carbonyl (C=O) groups is 2. The van der Waals surface area contributed by atoms with Crippen LogP contribution in [0, 0.1) is 20.8 Å². The molecule has 1 aliphatic rings. The van der Waals surface area contributed by atoms with Crippen molar-refractivity contribution in [2.45, 2.75) is 26.8 Å². The molecule has 3 heterocycles. The number of aliphatic hydroxyl groups excluding tert-OH is 1. The van der Waals surface area contributed by atoms with Gasteiger partial charge < -0.3 is 14.6 Å². The lowest BCUT2D eigenvalue weighted by molar-refractivity contribution is -0.117. The zero-order valence-corrected chi connectivity index (χ0v) is 18.9. The summed E-state index contributed by atoms with van der Waals surface area (Å²) < 4.78 is 6.39. The minimum absolute atomic E-state index is 0.0308. The van der Waals surface area contributed by atoms with Crippen LogP contribution in [-0.4, -0.2) is 26.9 Å². The highest BCUT2D eigenvalue weighted by molar-refractivity contribution is 7.22. The number of thiazole rings is 1. The molecule has 0 aliphatic carbocycles. The fourth-order valence-corrected chi connectivity index (χ4v) is 5.33. The number of aromatic hydroxyl groups is 1. The van der Waals surface area contributed by atoms with Gasteiger partial charge in [0.15, 0.2) is 16.7 Å². The van der Waals surface area contributed by atoms with Crippen LogP contribution in [0.4, 0.5) is 5.13 Å². The lowest BCUT2D eigenvalue weighted by Crippen LogP contribution is -2.30. The number of hydrogen-bond donors (Lipinski definition) is 2. The number of fused-ring (bicyclic) bond motifs is 1. The minimum atomic E-state index is -0.932. The van der Waals surface area contributed by atoms with Crippen LogP contribution in [0.5, 0.6) is 5.75 Å². The summed E-state index contributed by atoms with van der Waals surface area (Å²) in [4.78, 5) is 32.7. The van der Waals surface area contributed by atoms with Crippen molar-refractivity contribution in [3.8, 4) is 5.75 Å². The number of phenolic OH excluding ortho intramolecular Hbond substituents is 1. The molecule has 1 aliphatic heterocycles. The maximum atomic E-state index is 13.4. The van der Waals surface area contributed by atoms with Gasteiger partial charge in [-0.15, -0.1) is 0 Å². The number of benzene rings is 2. The molecule has 0 fully saturated rings. The van der Waals surface area contributed by atoms with Crippen LogP contribution in [0.25, 0.3) is 10.2 Å². The number of aromatic nitrogens is 1. The summed E-state index contributed by atoms with van der Waals surface area (Å²) in [5, 5.41) is 21.0. The molecule has 0 saturated heterocycles. The van der Waals surface area contributed by atoms with Crippen LogP contribution in [0.3, 0.4) is 0 Å². The van der Waals surface area contributed by atoms with E-state index in [9.17, 15) is 19.8 Å². The van der Waals surface area contributed by atoms with Gasteiger partial charge >= 0.3 is 0 Å². The molecule has 7 nitrogen and oxygen atoms in total. The van der Waals surface area contributed by atoms with E-state index >= 15 is 0 Å². The maximum Gasteiger partial charge on any atom is 0.296 e. The van der Waals surface area contributed by atoms with E-state index in [2.05, 4.69) is 4.98 Å². The summed E-state index contributed by atoms with van der Waals surface area (Å²) >= 11 is 1.32. The number of carbonyl (C=O) groups excluding carboxylic acids is 2. The third kappa shape index (κ3) is 3.39. The minimum Gasteiger partial charge on any atom is -0.508 e. The van der Waals surface area contributed by atoms with Gasteiger partial charge in [0.1, 0.15) is 11.5 Å². The number of aliphatic hydroxyl groups is 1. The van der Waals surface area contributed by atoms with Crippen molar-refractivity contribution in [2.75, 3.05) is 4.90 Å². The second kappa shape index (κ2) is 7.60. The molecule has 5 rings (SSSR count). The molecule has 33 heavy (non-hydrogen) atoms. The van der Waals surface area contributed by atoms with Crippen LogP contribution in [-0.2, 0) is 4.79 Å². The number of aryl methyl sites for hydroxylation is 3. The van der Waals surface area contributed by atoms with Crippen molar-refractivity contribution in [1.82, 2.24) is 4.98 Å². The Bertz CT molecular complexity index is 1460. The Hall–Kier alpha value is -3.91. The van der Waals surface area contributed by atoms with Gasteiger partial charge in [-0.2, -0.15) is 0 Å². The number of furan rings is 1. The summed E-state index contributed by atoms with van der Waals surface area (Å²) in [6, 6.07) is 12.4. The first-order valence-electron chi connectivity index (χ1n) is 10.3. The van der Waals surface area contributed by atoms with Gasteiger partial charge in [-0.05, 0) is 67.8 Å². The van der Waals surface area contributed by atoms with Crippen LogP contribution >= 0.6 is 11.3 Å². The number of hydrogen-bond acceptors (Lipinski definition) is 7. The Morgan fingerprint density at radius 2 is 1.79 bits per heavy atom. The molecular formula is C25H20N2O5S. The summed E-state index contributed by atoms with van der Waals surface area (Å²) in [7, 11) is 0. The van der Waals surface area contributed by atoms with Crippen molar-refractivity contribution in [3.05, 3.63) is 88.1 Å². The third-order valence-corrected chi connectivity index (χ3v) is 6.65. The predicted octanol–water partition coefficient (Wildman–Crippen LogP) is 5.30. The SMILES string of the molecule is Cc1cc(C)c2nc(N3C(=O)C(O)=C(C(=O)c4ccc(C)o4)C3c3ccc(O)cc3)sc2c1. The predicted molar refractivity (Wildman–Crippen MR) is 125 cm³/mol. The molecule has 1 amide bonds. The largest absolute Gasteiger partial charge is 0.508 e. The standard InChI is InChI=1S/C25H20N2O5S/c1-12-10-13(2)20-18(11-12)33-25(26-20)27-21(15-5-7-16(28)8-6-15)19(23(30)24(27)31)22(29)17-9-4-14(3)32-17/h4-11,21,28,30H,1-3H3. The maximum absolute atomic E-state index is 13.4. The van der Waals surface area contributed by atoms with E-state index in [1.807, 2.05) is 26.0 Å². The highest BCUT2D eigenvalue weighted by Gasteiger charge is 2.46. The molecule has 4 aromatic rings. The van der Waals surface area contributed by atoms with Gasteiger partial charge in [0.05, 0.1) is 21.8 Å². The molecule has 0 saturated carbocycles. The van der Waals surface area contributed by atoms with E-state index in [-0.39, 0.29) is 17.1 Å². The first-order chi connectivity index (χ1) is 15.7. The normalized spacial score (nSPS) is 16.3. The number of nitrogens with zero attached hydrogens (tertiary/aromatic N) is 2. The molecule has 2 aromatic carbocycles. The van der Waals surface area contributed by atoms with Gasteiger partial charge in [0, 0.05) is 0 Å². The lowest BCUT2D eigenvalue weighted by Gasteiger charge is -2.24. The topological polar surface area (TPSA) is 104 Å². The van der Waals surface area contributed by atoms with E-state index in [4.69, 9.17) is 4.42 Å². The number of phenols is 1. The quantitative estimate of drug-likeness (QED) is 0.400.